The topological polar surface area (TPSA) is 80.9 Å². The molecule has 5 nitrogen and oxygen atoms in total. The fraction of sp³-hybridized carbons (Fsp3) is 0.316. The molecule has 0 aliphatic heterocycles. The van der Waals surface area contributed by atoms with Crippen LogP contribution in [0.5, 0.6) is 0 Å². The van der Waals surface area contributed by atoms with E-state index in [0.29, 0.717) is 6.42 Å². The van der Waals surface area contributed by atoms with Crippen molar-refractivity contribution in [1.29, 1.82) is 0 Å². The minimum atomic E-state index is -0.467. The molecule has 5 heteroatoms. The van der Waals surface area contributed by atoms with Crippen LogP contribution in [-0.2, 0) is 6.42 Å². The SMILES string of the molecule is CC(NC(C)C(O)Cc1ccccc1)c1ccc2[nH]c(=O)[nH]c2c1. The van der Waals surface area contributed by atoms with Crippen molar-refractivity contribution in [3.63, 3.8) is 0 Å². The van der Waals surface area contributed by atoms with Crippen molar-refractivity contribution < 1.29 is 5.11 Å². The molecule has 3 aromatic rings. The molecule has 0 fully saturated rings. The van der Waals surface area contributed by atoms with Crippen LogP contribution in [0.25, 0.3) is 11.0 Å². The van der Waals surface area contributed by atoms with E-state index in [4.69, 9.17) is 0 Å². The minimum Gasteiger partial charge on any atom is -0.391 e. The molecule has 0 spiro atoms. The number of aliphatic hydroxyl groups excluding tert-OH is 1. The zero-order valence-electron chi connectivity index (χ0n) is 13.9. The predicted octanol–water partition coefficient (Wildman–Crippen LogP) is 2.50. The molecule has 24 heavy (non-hydrogen) atoms. The third kappa shape index (κ3) is 3.75. The molecule has 0 saturated heterocycles. The second kappa shape index (κ2) is 7.03. The Morgan fingerprint density at radius 3 is 2.50 bits per heavy atom. The number of benzene rings is 2. The zero-order chi connectivity index (χ0) is 17.1. The summed E-state index contributed by atoms with van der Waals surface area (Å²) in [6, 6.07) is 15.8. The smallest absolute Gasteiger partial charge is 0.323 e. The molecule has 3 rings (SSSR count). The van der Waals surface area contributed by atoms with Gasteiger partial charge in [-0.25, -0.2) is 4.79 Å². The maximum absolute atomic E-state index is 11.4. The first-order valence-electron chi connectivity index (χ1n) is 8.23. The quantitative estimate of drug-likeness (QED) is 0.562. The van der Waals surface area contributed by atoms with E-state index in [0.717, 1.165) is 22.2 Å². The molecule has 3 unspecified atom stereocenters. The molecule has 0 saturated carbocycles. The molecule has 1 heterocycles. The van der Waals surface area contributed by atoms with Gasteiger partial charge in [0.05, 0.1) is 17.1 Å². The van der Waals surface area contributed by atoms with Crippen molar-refractivity contribution >= 4 is 11.0 Å². The van der Waals surface area contributed by atoms with Crippen molar-refractivity contribution in [3.05, 3.63) is 70.1 Å². The van der Waals surface area contributed by atoms with Crippen molar-refractivity contribution in [1.82, 2.24) is 15.3 Å². The minimum absolute atomic E-state index is 0.0545. The van der Waals surface area contributed by atoms with E-state index in [2.05, 4.69) is 22.2 Å². The Hall–Kier alpha value is -2.37. The highest BCUT2D eigenvalue weighted by Crippen LogP contribution is 2.18. The Morgan fingerprint density at radius 2 is 1.75 bits per heavy atom. The lowest BCUT2D eigenvalue weighted by Gasteiger charge is -2.25. The summed E-state index contributed by atoms with van der Waals surface area (Å²) in [5, 5.41) is 13.9. The summed E-state index contributed by atoms with van der Waals surface area (Å²) in [6.45, 7) is 4.04. The van der Waals surface area contributed by atoms with Gasteiger partial charge >= 0.3 is 5.69 Å². The van der Waals surface area contributed by atoms with Crippen LogP contribution >= 0.6 is 0 Å². The fourth-order valence-electron chi connectivity index (χ4n) is 2.95. The highest BCUT2D eigenvalue weighted by atomic mass is 16.3. The van der Waals surface area contributed by atoms with Crippen LogP contribution in [0.4, 0.5) is 0 Å². The molecule has 4 N–H and O–H groups in total. The van der Waals surface area contributed by atoms with Crippen LogP contribution in [0.1, 0.15) is 31.0 Å². The number of aromatic nitrogens is 2. The maximum Gasteiger partial charge on any atom is 0.323 e. The van der Waals surface area contributed by atoms with Crippen LogP contribution in [0, 0.1) is 0 Å². The van der Waals surface area contributed by atoms with Gasteiger partial charge < -0.3 is 20.4 Å². The third-order valence-electron chi connectivity index (χ3n) is 4.42. The first kappa shape index (κ1) is 16.5. The van der Waals surface area contributed by atoms with E-state index in [-0.39, 0.29) is 17.8 Å². The average molecular weight is 325 g/mol. The van der Waals surface area contributed by atoms with E-state index >= 15 is 0 Å². The van der Waals surface area contributed by atoms with Gasteiger partial charge in [-0.3, -0.25) is 0 Å². The van der Waals surface area contributed by atoms with Crippen LogP contribution in [-0.4, -0.2) is 27.2 Å². The Labute approximate surface area is 140 Å². The number of aromatic amines is 2. The molecular weight excluding hydrogens is 302 g/mol. The fourth-order valence-corrected chi connectivity index (χ4v) is 2.95. The van der Waals surface area contributed by atoms with Crippen LogP contribution < -0.4 is 11.0 Å². The molecular formula is C19H23N3O2. The summed E-state index contributed by atoms with van der Waals surface area (Å²) in [7, 11) is 0. The summed E-state index contributed by atoms with van der Waals surface area (Å²) in [4.78, 5) is 16.9. The largest absolute Gasteiger partial charge is 0.391 e. The van der Waals surface area contributed by atoms with Crippen LogP contribution in [0.3, 0.4) is 0 Å². The lowest BCUT2D eigenvalue weighted by molar-refractivity contribution is 0.129. The summed E-state index contributed by atoms with van der Waals surface area (Å²) in [6.07, 6.45) is 0.150. The van der Waals surface area contributed by atoms with Crippen molar-refractivity contribution in [2.75, 3.05) is 0 Å². The lowest BCUT2D eigenvalue weighted by atomic mass is 10.0. The number of rotatable bonds is 6. The summed E-state index contributed by atoms with van der Waals surface area (Å²) in [5.74, 6) is 0. The number of hydrogen-bond acceptors (Lipinski definition) is 3. The number of H-pyrrole nitrogens is 2. The maximum atomic E-state index is 11.4. The monoisotopic (exact) mass is 325 g/mol. The standard InChI is InChI=1S/C19H23N3O2/c1-12(15-8-9-16-17(11-15)22-19(24)21-16)20-13(2)18(23)10-14-6-4-3-5-7-14/h3-9,11-13,18,20,23H,10H2,1-2H3,(H2,21,22,24). The van der Waals surface area contributed by atoms with E-state index in [9.17, 15) is 9.90 Å². The number of imidazole rings is 1. The van der Waals surface area contributed by atoms with Crippen molar-refractivity contribution in [3.8, 4) is 0 Å². The van der Waals surface area contributed by atoms with Crippen LogP contribution in [0.15, 0.2) is 53.3 Å². The third-order valence-corrected chi connectivity index (χ3v) is 4.42. The molecule has 2 aromatic carbocycles. The number of aliphatic hydroxyl groups is 1. The van der Waals surface area contributed by atoms with E-state index in [1.165, 1.54) is 0 Å². The van der Waals surface area contributed by atoms with Gasteiger partial charge in [0.1, 0.15) is 0 Å². The second-order valence-electron chi connectivity index (χ2n) is 6.32. The molecule has 3 atom stereocenters. The first-order chi connectivity index (χ1) is 11.5. The molecule has 126 valence electrons. The van der Waals surface area contributed by atoms with Crippen molar-refractivity contribution in [2.45, 2.75) is 38.5 Å². The van der Waals surface area contributed by atoms with E-state index < -0.39 is 6.10 Å². The van der Waals surface area contributed by atoms with Crippen LogP contribution in [0.2, 0.25) is 0 Å². The summed E-state index contributed by atoms with van der Waals surface area (Å²) in [5.41, 5.74) is 3.58. The van der Waals surface area contributed by atoms with Gasteiger partial charge in [0.25, 0.3) is 0 Å². The molecule has 0 radical (unpaired) electrons. The lowest BCUT2D eigenvalue weighted by Crippen LogP contribution is -2.39. The Balaban J connectivity index is 1.65. The average Bonchev–Trinajstić information content (AvgIpc) is 2.94. The summed E-state index contributed by atoms with van der Waals surface area (Å²) < 4.78 is 0. The molecule has 0 amide bonds. The van der Waals surface area contributed by atoms with Gasteiger partial charge in [-0.15, -0.1) is 0 Å². The van der Waals surface area contributed by atoms with E-state index in [1.54, 1.807) is 0 Å². The predicted molar refractivity (Wildman–Crippen MR) is 96.1 cm³/mol. The summed E-state index contributed by atoms with van der Waals surface area (Å²) >= 11 is 0. The second-order valence-corrected chi connectivity index (χ2v) is 6.32. The highest BCUT2D eigenvalue weighted by Gasteiger charge is 2.18. The Bertz CT molecular complexity index is 854. The number of fused-ring (bicyclic) bond motifs is 1. The molecule has 0 aliphatic rings. The molecule has 0 aliphatic carbocycles. The van der Waals surface area contributed by atoms with E-state index in [1.807, 2.05) is 55.5 Å². The highest BCUT2D eigenvalue weighted by molar-refractivity contribution is 5.75. The number of nitrogens with one attached hydrogen (secondary N) is 3. The van der Waals surface area contributed by atoms with Gasteiger partial charge in [0, 0.05) is 12.1 Å². The van der Waals surface area contributed by atoms with Gasteiger partial charge in [0.15, 0.2) is 0 Å². The van der Waals surface area contributed by atoms with Gasteiger partial charge in [-0.05, 0) is 43.5 Å². The molecule has 1 aromatic heterocycles. The van der Waals surface area contributed by atoms with Gasteiger partial charge in [-0.1, -0.05) is 36.4 Å². The van der Waals surface area contributed by atoms with Gasteiger partial charge in [-0.2, -0.15) is 0 Å². The zero-order valence-corrected chi connectivity index (χ0v) is 13.9. The Morgan fingerprint density at radius 1 is 1.04 bits per heavy atom. The van der Waals surface area contributed by atoms with Gasteiger partial charge in [0.2, 0.25) is 0 Å². The molecule has 0 bridgehead atoms. The Kier molecular flexibility index (Phi) is 4.83. The van der Waals surface area contributed by atoms with Crippen molar-refractivity contribution in [2.24, 2.45) is 0 Å². The number of hydrogen-bond donors (Lipinski definition) is 4. The normalized spacial score (nSPS) is 15.3. The first-order valence-corrected chi connectivity index (χ1v) is 8.23.